The summed E-state index contributed by atoms with van der Waals surface area (Å²) < 4.78 is 41.7. The number of aromatic amines is 1. The molecule has 7 nitrogen and oxygen atoms in total. The summed E-state index contributed by atoms with van der Waals surface area (Å²) in [4.78, 5) is 21.9. The van der Waals surface area contributed by atoms with Gasteiger partial charge in [0.1, 0.15) is 0 Å². The SMILES string of the molecule is O=C1N=C(N2CCN(CCO)CC2)SC1=C(Cc1ccc(Cl)cc1C(F)(F)F)c1ccc2[nH]ncc2c1. The van der Waals surface area contributed by atoms with Crippen LogP contribution in [-0.2, 0) is 17.4 Å². The summed E-state index contributed by atoms with van der Waals surface area (Å²) in [7, 11) is 0. The molecule has 194 valence electrons. The Bertz CT molecular complexity index is 1400. The number of nitrogens with zero attached hydrogens (tertiary/aromatic N) is 4. The summed E-state index contributed by atoms with van der Waals surface area (Å²) >= 11 is 7.09. The van der Waals surface area contributed by atoms with Crippen molar-refractivity contribution in [2.75, 3.05) is 39.3 Å². The summed E-state index contributed by atoms with van der Waals surface area (Å²) in [6, 6.07) is 9.06. The number of β-amino-alcohol motifs (C(OH)–C–C–N with tert-alkyl or cyclic N) is 1. The van der Waals surface area contributed by atoms with Crippen molar-refractivity contribution < 1.29 is 23.1 Å². The lowest BCUT2D eigenvalue weighted by atomic mass is 9.93. The molecule has 0 atom stereocenters. The van der Waals surface area contributed by atoms with Crippen LogP contribution in [-0.4, -0.2) is 75.5 Å². The zero-order chi connectivity index (χ0) is 26.2. The van der Waals surface area contributed by atoms with Crippen molar-refractivity contribution in [2.24, 2.45) is 4.99 Å². The first-order valence-corrected chi connectivity index (χ1v) is 12.8. The number of nitrogens with one attached hydrogen (secondary N) is 1. The number of halogens is 4. The number of aromatic nitrogens is 2. The third kappa shape index (κ3) is 5.54. The fraction of sp³-hybridized carbons (Fsp3) is 0.320. The fourth-order valence-corrected chi connectivity index (χ4v) is 5.77. The molecule has 12 heteroatoms. The van der Waals surface area contributed by atoms with Crippen molar-refractivity contribution in [3.05, 3.63) is 69.2 Å². The Morgan fingerprint density at radius 2 is 1.92 bits per heavy atom. The van der Waals surface area contributed by atoms with E-state index in [0.29, 0.717) is 40.8 Å². The summed E-state index contributed by atoms with van der Waals surface area (Å²) in [6.45, 7) is 3.38. The van der Waals surface area contributed by atoms with Gasteiger partial charge in [-0.05, 0) is 59.1 Å². The number of hydrogen-bond donors (Lipinski definition) is 2. The third-order valence-electron chi connectivity index (χ3n) is 6.45. The van der Waals surface area contributed by atoms with Crippen LogP contribution in [0, 0.1) is 0 Å². The number of H-pyrrole nitrogens is 1. The van der Waals surface area contributed by atoms with Gasteiger partial charge < -0.3 is 10.0 Å². The van der Waals surface area contributed by atoms with E-state index in [1.54, 1.807) is 18.3 Å². The molecule has 2 N–H and O–H groups in total. The number of aliphatic hydroxyl groups is 1. The second kappa shape index (κ2) is 10.5. The van der Waals surface area contributed by atoms with Gasteiger partial charge in [0.25, 0.3) is 5.91 Å². The van der Waals surface area contributed by atoms with E-state index < -0.39 is 17.6 Å². The van der Waals surface area contributed by atoms with E-state index in [1.165, 1.54) is 23.9 Å². The van der Waals surface area contributed by atoms with E-state index in [0.717, 1.165) is 30.1 Å². The predicted molar refractivity (Wildman–Crippen MR) is 138 cm³/mol. The monoisotopic (exact) mass is 549 g/mol. The van der Waals surface area contributed by atoms with E-state index in [9.17, 15) is 23.1 Å². The molecule has 37 heavy (non-hydrogen) atoms. The van der Waals surface area contributed by atoms with Gasteiger partial charge in [-0.15, -0.1) is 0 Å². The standard InChI is InChI=1S/C25H23ClF3N5O2S/c26-18-3-1-16(20(13-18)25(27,28)29)12-19(15-2-4-21-17(11-15)14-30-32-21)22-23(36)31-24(37-22)34-7-5-33(6-8-34)9-10-35/h1-4,11,13-14,35H,5-10,12H2,(H,30,32). The minimum Gasteiger partial charge on any atom is -0.395 e. The van der Waals surface area contributed by atoms with E-state index in [4.69, 9.17) is 11.6 Å². The molecule has 5 rings (SSSR count). The average Bonchev–Trinajstić information content (AvgIpc) is 3.49. The van der Waals surface area contributed by atoms with Gasteiger partial charge in [-0.2, -0.15) is 23.3 Å². The number of benzene rings is 2. The zero-order valence-electron chi connectivity index (χ0n) is 19.6. The van der Waals surface area contributed by atoms with E-state index in [1.807, 2.05) is 11.0 Å². The normalized spacial score (nSPS) is 18.6. The van der Waals surface area contributed by atoms with Crippen molar-refractivity contribution in [1.29, 1.82) is 0 Å². The fourth-order valence-electron chi connectivity index (χ4n) is 4.53. The maximum absolute atomic E-state index is 13.9. The van der Waals surface area contributed by atoms with Gasteiger partial charge >= 0.3 is 6.18 Å². The number of carbonyl (C=O) groups is 1. The molecular formula is C25H23ClF3N5O2S. The molecule has 0 spiro atoms. The zero-order valence-corrected chi connectivity index (χ0v) is 21.1. The summed E-state index contributed by atoms with van der Waals surface area (Å²) in [5.41, 5.74) is 1.05. The number of aliphatic hydroxyl groups excluding tert-OH is 1. The Morgan fingerprint density at radius 1 is 1.14 bits per heavy atom. The van der Waals surface area contributed by atoms with E-state index in [-0.39, 0.29) is 23.6 Å². The molecule has 3 aromatic rings. The van der Waals surface area contributed by atoms with Crippen LogP contribution in [0.2, 0.25) is 5.02 Å². The molecule has 3 heterocycles. The van der Waals surface area contributed by atoms with Gasteiger partial charge in [0.15, 0.2) is 5.17 Å². The van der Waals surface area contributed by atoms with Crippen molar-refractivity contribution in [3.63, 3.8) is 0 Å². The number of alkyl halides is 3. The number of carbonyl (C=O) groups excluding carboxylic acids is 1. The molecule has 0 saturated carbocycles. The van der Waals surface area contributed by atoms with Crippen LogP contribution < -0.4 is 0 Å². The molecule has 0 radical (unpaired) electrons. The Labute approximate surface area is 220 Å². The highest BCUT2D eigenvalue weighted by Gasteiger charge is 2.35. The van der Waals surface area contributed by atoms with Gasteiger partial charge in [0.05, 0.1) is 28.8 Å². The van der Waals surface area contributed by atoms with Gasteiger partial charge in [0.2, 0.25) is 0 Å². The number of amides is 1. The summed E-state index contributed by atoms with van der Waals surface area (Å²) in [5, 5.41) is 17.4. The molecule has 1 fully saturated rings. The Hall–Kier alpha value is -2.86. The van der Waals surface area contributed by atoms with Gasteiger partial charge in [-0.25, -0.2) is 0 Å². The van der Waals surface area contributed by atoms with Crippen molar-refractivity contribution in [2.45, 2.75) is 12.6 Å². The minimum absolute atomic E-state index is 0.0117. The number of thioether (sulfide) groups is 1. The van der Waals surface area contributed by atoms with Crippen molar-refractivity contribution in [1.82, 2.24) is 20.0 Å². The van der Waals surface area contributed by atoms with Gasteiger partial charge in [-0.3, -0.25) is 14.8 Å². The first-order valence-electron chi connectivity index (χ1n) is 11.6. The molecule has 1 amide bonds. The van der Waals surface area contributed by atoms with Gasteiger partial charge in [0, 0.05) is 43.1 Å². The number of fused-ring (bicyclic) bond motifs is 1. The highest BCUT2D eigenvalue weighted by atomic mass is 35.5. The number of piperazine rings is 1. The molecule has 2 aromatic carbocycles. The third-order valence-corrected chi connectivity index (χ3v) is 7.84. The number of rotatable bonds is 5. The Balaban J connectivity index is 1.52. The van der Waals surface area contributed by atoms with Crippen LogP contribution in [0.5, 0.6) is 0 Å². The molecule has 1 aromatic heterocycles. The Kier molecular flexibility index (Phi) is 7.30. The van der Waals surface area contributed by atoms with Gasteiger partial charge in [-0.1, -0.05) is 23.7 Å². The van der Waals surface area contributed by atoms with E-state index >= 15 is 0 Å². The topological polar surface area (TPSA) is 84.8 Å². The Morgan fingerprint density at radius 3 is 2.65 bits per heavy atom. The summed E-state index contributed by atoms with van der Waals surface area (Å²) in [6.07, 6.45) is -3.11. The smallest absolute Gasteiger partial charge is 0.395 e. The lowest BCUT2D eigenvalue weighted by molar-refractivity contribution is -0.138. The molecular weight excluding hydrogens is 527 g/mol. The number of aliphatic imine (C=N–C) groups is 1. The quantitative estimate of drug-likeness (QED) is 0.458. The first kappa shape index (κ1) is 25.8. The molecule has 0 bridgehead atoms. The number of allylic oxidation sites excluding steroid dienone is 1. The lowest BCUT2D eigenvalue weighted by Gasteiger charge is -2.34. The number of amidine groups is 1. The highest BCUT2D eigenvalue weighted by Crippen LogP contribution is 2.40. The van der Waals surface area contributed by atoms with E-state index in [2.05, 4.69) is 20.1 Å². The van der Waals surface area contributed by atoms with Crippen molar-refractivity contribution in [3.8, 4) is 0 Å². The predicted octanol–water partition coefficient (Wildman–Crippen LogP) is 4.43. The molecule has 0 unspecified atom stereocenters. The van der Waals surface area contributed by atoms with Crippen LogP contribution in [0.3, 0.4) is 0 Å². The van der Waals surface area contributed by atoms with Crippen LogP contribution >= 0.6 is 23.4 Å². The van der Waals surface area contributed by atoms with Crippen LogP contribution in [0.1, 0.15) is 16.7 Å². The van der Waals surface area contributed by atoms with Crippen molar-refractivity contribution >= 4 is 50.9 Å². The second-order valence-electron chi connectivity index (χ2n) is 8.81. The first-order chi connectivity index (χ1) is 17.7. The number of hydrogen-bond acceptors (Lipinski definition) is 6. The minimum atomic E-state index is -4.60. The molecule has 1 saturated heterocycles. The summed E-state index contributed by atoms with van der Waals surface area (Å²) in [5.74, 6) is -0.470. The van der Waals surface area contributed by atoms with Crippen LogP contribution in [0.4, 0.5) is 13.2 Å². The molecule has 0 aliphatic carbocycles. The maximum atomic E-state index is 13.9. The van der Waals surface area contributed by atoms with Crippen LogP contribution in [0.15, 0.2) is 52.5 Å². The lowest BCUT2D eigenvalue weighted by Crippen LogP contribution is -2.48. The molecule has 2 aliphatic heterocycles. The largest absolute Gasteiger partial charge is 0.416 e. The maximum Gasteiger partial charge on any atom is 0.416 e. The van der Waals surface area contributed by atoms with Crippen LogP contribution in [0.25, 0.3) is 16.5 Å². The molecule has 2 aliphatic rings. The second-order valence-corrected chi connectivity index (χ2v) is 10.2. The average molecular weight is 550 g/mol. The highest BCUT2D eigenvalue weighted by molar-refractivity contribution is 8.18.